The highest BCUT2D eigenvalue weighted by atomic mass is 32.1. The molecule has 7 heteroatoms. The minimum absolute atomic E-state index is 0.199. The van der Waals surface area contributed by atoms with Gasteiger partial charge in [-0.2, -0.15) is 0 Å². The number of carbonyl (C=O) groups is 1. The Labute approximate surface area is 172 Å². The molecule has 3 aromatic heterocycles. The van der Waals surface area contributed by atoms with Gasteiger partial charge in [-0.3, -0.25) is 0 Å². The molecule has 6 nitrogen and oxygen atoms in total. The quantitative estimate of drug-likeness (QED) is 0.413. The molecule has 29 heavy (non-hydrogen) atoms. The number of imidazole rings is 1. The van der Waals surface area contributed by atoms with Crippen LogP contribution in [0.25, 0.3) is 27.2 Å². The van der Waals surface area contributed by atoms with Crippen LogP contribution in [-0.4, -0.2) is 36.9 Å². The van der Waals surface area contributed by atoms with Gasteiger partial charge in [-0.05, 0) is 56.0 Å². The predicted octanol–water partition coefficient (Wildman–Crippen LogP) is 4.72. The molecule has 1 aromatic carbocycles. The van der Waals surface area contributed by atoms with Gasteiger partial charge in [0.15, 0.2) is 0 Å². The number of benzene rings is 1. The van der Waals surface area contributed by atoms with Crippen molar-refractivity contribution in [1.29, 1.82) is 0 Å². The molecule has 0 amide bonds. The van der Waals surface area contributed by atoms with Gasteiger partial charge < -0.3 is 19.3 Å². The highest BCUT2D eigenvalue weighted by Crippen LogP contribution is 2.36. The molecule has 0 radical (unpaired) electrons. The first-order valence-corrected chi connectivity index (χ1v) is 10.5. The minimum atomic E-state index is -0.888. The predicted molar refractivity (Wildman–Crippen MR) is 115 cm³/mol. The van der Waals surface area contributed by atoms with Crippen LogP contribution >= 0.6 is 11.3 Å². The van der Waals surface area contributed by atoms with Crippen LogP contribution in [0, 0.1) is 6.92 Å². The third-order valence-corrected chi connectivity index (χ3v) is 6.19. The Balaban J connectivity index is 1.75. The fraction of sp³-hybridized carbons (Fsp3) is 0.273. The maximum absolute atomic E-state index is 11.4. The molecule has 0 spiro atoms. The smallest absolute Gasteiger partial charge is 0.345 e. The first kappa shape index (κ1) is 19.4. The molecule has 4 rings (SSSR count). The average Bonchev–Trinajstić information content (AvgIpc) is 3.42. The zero-order valence-electron chi connectivity index (χ0n) is 16.2. The minimum Gasteiger partial charge on any atom is -0.477 e. The molecule has 0 saturated heterocycles. The van der Waals surface area contributed by atoms with Gasteiger partial charge in [-0.25, -0.2) is 9.78 Å². The van der Waals surface area contributed by atoms with Crippen molar-refractivity contribution in [2.75, 3.05) is 6.61 Å². The van der Waals surface area contributed by atoms with Crippen LogP contribution in [-0.2, 0) is 6.54 Å². The molecule has 0 aliphatic carbocycles. The van der Waals surface area contributed by atoms with Crippen LogP contribution in [0.1, 0.15) is 34.5 Å². The lowest BCUT2D eigenvalue weighted by atomic mass is 10.0. The Morgan fingerprint density at radius 3 is 2.72 bits per heavy atom. The number of hydrogen-bond acceptors (Lipinski definition) is 4. The molecule has 0 bridgehead atoms. The fourth-order valence-electron chi connectivity index (χ4n) is 3.68. The van der Waals surface area contributed by atoms with Gasteiger partial charge in [-0.15, -0.1) is 11.3 Å². The van der Waals surface area contributed by atoms with E-state index in [4.69, 9.17) is 5.11 Å². The zero-order chi connectivity index (χ0) is 20.4. The highest BCUT2D eigenvalue weighted by Gasteiger charge is 2.17. The number of aryl methyl sites for hydroxylation is 2. The molecule has 150 valence electrons. The van der Waals surface area contributed by atoms with Crippen molar-refractivity contribution < 1.29 is 15.0 Å². The van der Waals surface area contributed by atoms with E-state index in [2.05, 4.69) is 40.7 Å². The standard InChI is InChI=1S/C22H23N3O3S/c1-15-11-16(24-9-7-23-14-24)5-6-17(15)18-12-20-19(13-21(29-20)22(27)28)25(18)8-3-2-4-10-26/h5-7,9,11-14,26H,2-4,8,10H2,1H3,(H,27,28). The molecule has 3 heterocycles. The Hall–Kier alpha value is -2.90. The van der Waals surface area contributed by atoms with E-state index in [1.807, 2.05) is 10.8 Å². The third kappa shape index (κ3) is 3.83. The van der Waals surface area contributed by atoms with E-state index in [1.165, 1.54) is 11.3 Å². The van der Waals surface area contributed by atoms with Gasteiger partial charge in [0.05, 0.1) is 22.2 Å². The number of aromatic carboxylic acids is 1. The van der Waals surface area contributed by atoms with Crippen molar-refractivity contribution in [3.05, 3.63) is 59.5 Å². The number of carboxylic acid groups (broad SMARTS) is 1. The zero-order valence-corrected chi connectivity index (χ0v) is 17.0. The van der Waals surface area contributed by atoms with Crippen LogP contribution in [0.5, 0.6) is 0 Å². The second-order valence-corrected chi connectivity index (χ2v) is 8.18. The van der Waals surface area contributed by atoms with Gasteiger partial charge in [0.1, 0.15) is 4.88 Å². The fourth-order valence-corrected chi connectivity index (χ4v) is 4.62. The summed E-state index contributed by atoms with van der Waals surface area (Å²) in [5.74, 6) is -0.888. The van der Waals surface area contributed by atoms with Gasteiger partial charge >= 0.3 is 5.97 Å². The van der Waals surface area contributed by atoms with Gasteiger partial charge in [0, 0.05) is 36.8 Å². The van der Waals surface area contributed by atoms with Crippen molar-refractivity contribution in [2.24, 2.45) is 0 Å². The second kappa shape index (κ2) is 8.23. The monoisotopic (exact) mass is 409 g/mol. The van der Waals surface area contributed by atoms with Gasteiger partial charge in [-0.1, -0.05) is 6.07 Å². The maximum atomic E-state index is 11.4. The molecule has 2 N–H and O–H groups in total. The van der Waals surface area contributed by atoms with Crippen LogP contribution in [0.15, 0.2) is 49.1 Å². The van der Waals surface area contributed by atoms with E-state index >= 15 is 0 Å². The SMILES string of the molecule is Cc1cc(-n2ccnc2)ccc1-c1cc2sc(C(=O)O)cc2n1CCCCCO. The number of aromatic nitrogens is 3. The molecule has 0 atom stereocenters. The third-order valence-electron chi connectivity index (χ3n) is 5.13. The Morgan fingerprint density at radius 1 is 1.17 bits per heavy atom. The first-order chi connectivity index (χ1) is 14.1. The molecular formula is C22H23N3O3S. The number of nitrogens with zero attached hydrogens (tertiary/aromatic N) is 3. The van der Waals surface area contributed by atoms with Crippen molar-refractivity contribution in [3.63, 3.8) is 0 Å². The Bertz CT molecular complexity index is 1140. The number of rotatable bonds is 8. The Kier molecular flexibility index (Phi) is 5.51. The van der Waals surface area contributed by atoms with Crippen LogP contribution in [0.4, 0.5) is 0 Å². The number of aliphatic hydroxyl groups is 1. The van der Waals surface area contributed by atoms with E-state index in [-0.39, 0.29) is 6.61 Å². The number of carboxylic acids is 1. The summed E-state index contributed by atoms with van der Waals surface area (Å²) >= 11 is 1.31. The molecule has 0 unspecified atom stereocenters. The lowest BCUT2D eigenvalue weighted by Crippen LogP contribution is -2.02. The summed E-state index contributed by atoms with van der Waals surface area (Å²) in [6.45, 7) is 3.08. The summed E-state index contributed by atoms with van der Waals surface area (Å²) in [6.07, 6.45) is 8.10. The normalized spacial score (nSPS) is 11.4. The van der Waals surface area contributed by atoms with Crippen LogP contribution in [0.2, 0.25) is 0 Å². The van der Waals surface area contributed by atoms with E-state index in [1.54, 1.807) is 18.6 Å². The largest absolute Gasteiger partial charge is 0.477 e. The molecule has 0 saturated carbocycles. The lowest BCUT2D eigenvalue weighted by Gasteiger charge is -2.14. The summed E-state index contributed by atoms with van der Waals surface area (Å²) in [7, 11) is 0. The maximum Gasteiger partial charge on any atom is 0.345 e. The molecular weight excluding hydrogens is 386 g/mol. The molecule has 0 aliphatic rings. The number of unbranched alkanes of at least 4 members (excludes halogenated alkanes) is 2. The van der Waals surface area contributed by atoms with Gasteiger partial charge in [0.25, 0.3) is 0 Å². The van der Waals surface area contributed by atoms with E-state index < -0.39 is 5.97 Å². The van der Waals surface area contributed by atoms with Crippen LogP contribution in [0.3, 0.4) is 0 Å². The number of fused-ring (bicyclic) bond motifs is 1. The summed E-state index contributed by atoms with van der Waals surface area (Å²) in [4.78, 5) is 15.9. The van der Waals surface area contributed by atoms with E-state index in [0.717, 1.165) is 58.5 Å². The Morgan fingerprint density at radius 2 is 2.03 bits per heavy atom. The molecule has 0 aliphatic heterocycles. The number of thiophene rings is 1. The summed E-state index contributed by atoms with van der Waals surface area (Å²) in [5.41, 5.74) is 5.40. The molecule has 0 fully saturated rings. The highest BCUT2D eigenvalue weighted by molar-refractivity contribution is 7.20. The van der Waals surface area contributed by atoms with Crippen molar-refractivity contribution in [3.8, 4) is 16.9 Å². The van der Waals surface area contributed by atoms with Crippen LogP contribution < -0.4 is 0 Å². The van der Waals surface area contributed by atoms with Crippen molar-refractivity contribution >= 4 is 27.5 Å². The first-order valence-electron chi connectivity index (χ1n) is 9.65. The lowest BCUT2D eigenvalue weighted by molar-refractivity contribution is 0.0702. The molecule has 4 aromatic rings. The average molecular weight is 410 g/mol. The van der Waals surface area contributed by atoms with Gasteiger partial charge in [0.2, 0.25) is 0 Å². The number of hydrogen-bond donors (Lipinski definition) is 2. The summed E-state index contributed by atoms with van der Waals surface area (Å²) in [6, 6.07) is 10.2. The topological polar surface area (TPSA) is 80.3 Å². The van der Waals surface area contributed by atoms with Crippen molar-refractivity contribution in [1.82, 2.24) is 14.1 Å². The summed E-state index contributed by atoms with van der Waals surface area (Å²) in [5, 5.41) is 18.4. The second-order valence-electron chi connectivity index (χ2n) is 7.10. The number of aliphatic hydroxyl groups excluding tert-OH is 1. The van der Waals surface area contributed by atoms with E-state index in [9.17, 15) is 9.90 Å². The van der Waals surface area contributed by atoms with E-state index in [0.29, 0.717) is 4.88 Å². The van der Waals surface area contributed by atoms with Crippen molar-refractivity contribution in [2.45, 2.75) is 32.7 Å². The summed E-state index contributed by atoms with van der Waals surface area (Å²) < 4.78 is 5.18.